The molecule has 134 valence electrons. The maximum Gasteiger partial charge on any atom is 0.224 e. The first-order valence-corrected chi connectivity index (χ1v) is 8.83. The fourth-order valence-electron chi connectivity index (χ4n) is 3.37. The zero-order chi connectivity index (χ0) is 17.6. The van der Waals surface area contributed by atoms with Crippen LogP contribution in [0.3, 0.4) is 0 Å². The molecule has 1 fully saturated rings. The van der Waals surface area contributed by atoms with E-state index in [1.54, 1.807) is 18.3 Å². The molecular formula is C19H24FN3O2. The molecule has 1 N–H and O–H groups in total. The van der Waals surface area contributed by atoms with E-state index < -0.39 is 0 Å². The molecule has 1 atom stereocenters. The van der Waals surface area contributed by atoms with Crippen molar-refractivity contribution in [3.8, 4) is 11.1 Å². The number of aromatic nitrogens is 2. The lowest BCUT2D eigenvalue weighted by atomic mass is 9.90. The maximum atomic E-state index is 13.2. The molecule has 2 aromatic rings. The van der Waals surface area contributed by atoms with Gasteiger partial charge in [0.1, 0.15) is 5.82 Å². The standard InChI is InChI=1S/C19H24FN3O2/c1-2-25-11-9-18(24)23-10-3-4-15(13-23)19-17(12-21-22-19)14-5-7-16(20)8-6-14/h5-8,12,15H,2-4,9-11,13H2,1H3,(H,21,22)/t15-/m1/s1. The van der Waals surface area contributed by atoms with Gasteiger partial charge in [-0.05, 0) is 37.5 Å². The molecule has 0 bridgehead atoms. The Morgan fingerprint density at radius 2 is 2.20 bits per heavy atom. The highest BCUT2D eigenvalue weighted by Gasteiger charge is 2.27. The topological polar surface area (TPSA) is 58.2 Å². The number of nitrogens with one attached hydrogen (secondary N) is 1. The second-order valence-electron chi connectivity index (χ2n) is 6.33. The normalized spacial score (nSPS) is 17.7. The van der Waals surface area contributed by atoms with Gasteiger partial charge in [-0.3, -0.25) is 9.89 Å². The highest BCUT2D eigenvalue weighted by molar-refractivity contribution is 5.76. The number of aromatic amines is 1. The van der Waals surface area contributed by atoms with Crippen LogP contribution in [0.25, 0.3) is 11.1 Å². The fraction of sp³-hybridized carbons (Fsp3) is 0.474. The van der Waals surface area contributed by atoms with E-state index in [0.717, 1.165) is 36.2 Å². The SMILES string of the molecule is CCOCCC(=O)N1CCC[C@@H](c2[nH]ncc2-c2ccc(F)cc2)C1. The first-order chi connectivity index (χ1) is 12.2. The van der Waals surface area contributed by atoms with Gasteiger partial charge in [0.25, 0.3) is 0 Å². The van der Waals surface area contributed by atoms with Crippen LogP contribution in [-0.4, -0.2) is 47.3 Å². The number of nitrogens with zero attached hydrogens (tertiary/aromatic N) is 2. The summed E-state index contributed by atoms with van der Waals surface area (Å²) in [7, 11) is 0. The molecule has 6 heteroatoms. The minimum Gasteiger partial charge on any atom is -0.381 e. The predicted octanol–water partition coefficient (Wildman–Crippen LogP) is 3.35. The van der Waals surface area contributed by atoms with Crippen molar-refractivity contribution in [2.75, 3.05) is 26.3 Å². The van der Waals surface area contributed by atoms with Gasteiger partial charge in [0.05, 0.1) is 19.2 Å². The first kappa shape index (κ1) is 17.6. The van der Waals surface area contributed by atoms with Crippen LogP contribution in [-0.2, 0) is 9.53 Å². The first-order valence-electron chi connectivity index (χ1n) is 8.83. The molecule has 1 aliphatic heterocycles. The molecule has 25 heavy (non-hydrogen) atoms. The number of H-pyrrole nitrogens is 1. The molecule has 2 heterocycles. The van der Waals surface area contributed by atoms with Gasteiger partial charge in [0, 0.05) is 36.9 Å². The molecule has 1 saturated heterocycles. The van der Waals surface area contributed by atoms with E-state index in [1.807, 2.05) is 11.8 Å². The van der Waals surface area contributed by atoms with Crippen molar-refractivity contribution in [3.05, 3.63) is 42.0 Å². The van der Waals surface area contributed by atoms with E-state index in [-0.39, 0.29) is 17.6 Å². The molecule has 0 spiro atoms. The molecule has 0 unspecified atom stereocenters. The van der Waals surface area contributed by atoms with Crippen molar-refractivity contribution in [1.82, 2.24) is 15.1 Å². The number of hydrogen-bond donors (Lipinski definition) is 1. The van der Waals surface area contributed by atoms with Gasteiger partial charge >= 0.3 is 0 Å². The Labute approximate surface area is 147 Å². The van der Waals surface area contributed by atoms with Gasteiger partial charge in [-0.15, -0.1) is 0 Å². The van der Waals surface area contributed by atoms with Crippen LogP contribution >= 0.6 is 0 Å². The third-order valence-electron chi connectivity index (χ3n) is 4.67. The van der Waals surface area contributed by atoms with Crippen molar-refractivity contribution < 1.29 is 13.9 Å². The molecule has 0 saturated carbocycles. The summed E-state index contributed by atoms with van der Waals surface area (Å²) >= 11 is 0. The van der Waals surface area contributed by atoms with E-state index in [1.165, 1.54) is 12.1 Å². The number of ether oxygens (including phenoxy) is 1. The third kappa shape index (κ3) is 4.25. The molecule has 1 aromatic carbocycles. The number of rotatable bonds is 6. The van der Waals surface area contributed by atoms with Gasteiger partial charge in [-0.25, -0.2) is 4.39 Å². The summed E-state index contributed by atoms with van der Waals surface area (Å²) in [6, 6.07) is 6.43. The van der Waals surface area contributed by atoms with E-state index in [0.29, 0.717) is 26.2 Å². The quantitative estimate of drug-likeness (QED) is 0.817. The Morgan fingerprint density at radius 1 is 1.40 bits per heavy atom. The number of carbonyl (C=O) groups excluding carboxylic acids is 1. The van der Waals surface area contributed by atoms with Crippen molar-refractivity contribution in [2.45, 2.75) is 32.1 Å². The summed E-state index contributed by atoms with van der Waals surface area (Å²) < 4.78 is 18.5. The summed E-state index contributed by atoms with van der Waals surface area (Å²) in [6.07, 6.45) is 4.17. The number of halogens is 1. The number of amides is 1. The molecular weight excluding hydrogens is 321 g/mol. The molecule has 0 radical (unpaired) electrons. The summed E-state index contributed by atoms with van der Waals surface area (Å²) in [4.78, 5) is 14.3. The summed E-state index contributed by atoms with van der Waals surface area (Å²) in [5.41, 5.74) is 2.94. The van der Waals surface area contributed by atoms with Gasteiger partial charge < -0.3 is 9.64 Å². The maximum absolute atomic E-state index is 13.2. The Hall–Kier alpha value is -2.21. The summed E-state index contributed by atoms with van der Waals surface area (Å²) in [5.74, 6) is 0.103. The fourth-order valence-corrected chi connectivity index (χ4v) is 3.37. The van der Waals surface area contributed by atoms with E-state index >= 15 is 0 Å². The van der Waals surface area contributed by atoms with Crippen molar-refractivity contribution in [1.29, 1.82) is 0 Å². The Balaban J connectivity index is 1.71. The number of benzene rings is 1. The van der Waals surface area contributed by atoms with Crippen LogP contribution in [0, 0.1) is 5.82 Å². The molecule has 1 aliphatic rings. The zero-order valence-electron chi connectivity index (χ0n) is 14.5. The average molecular weight is 345 g/mol. The van der Waals surface area contributed by atoms with Gasteiger partial charge in [-0.1, -0.05) is 12.1 Å². The van der Waals surface area contributed by atoms with E-state index in [2.05, 4.69) is 10.2 Å². The number of likely N-dealkylation sites (tertiary alicyclic amines) is 1. The largest absolute Gasteiger partial charge is 0.381 e. The Morgan fingerprint density at radius 3 is 2.96 bits per heavy atom. The van der Waals surface area contributed by atoms with Crippen molar-refractivity contribution in [3.63, 3.8) is 0 Å². The Bertz CT molecular complexity index is 699. The molecule has 5 nitrogen and oxygen atoms in total. The number of piperidine rings is 1. The summed E-state index contributed by atoms with van der Waals surface area (Å²) in [5, 5.41) is 7.28. The van der Waals surface area contributed by atoms with Crippen LogP contribution in [0.2, 0.25) is 0 Å². The summed E-state index contributed by atoms with van der Waals surface area (Å²) in [6.45, 7) is 4.51. The molecule has 0 aliphatic carbocycles. The Kier molecular flexibility index (Phi) is 5.81. The minimum absolute atomic E-state index is 0.140. The zero-order valence-corrected chi connectivity index (χ0v) is 14.5. The van der Waals surface area contributed by atoms with E-state index in [9.17, 15) is 9.18 Å². The highest BCUT2D eigenvalue weighted by atomic mass is 19.1. The van der Waals surface area contributed by atoms with Gasteiger partial charge in [0.2, 0.25) is 5.91 Å². The van der Waals surface area contributed by atoms with Crippen LogP contribution in [0.1, 0.15) is 37.8 Å². The van der Waals surface area contributed by atoms with Crippen LogP contribution in [0.15, 0.2) is 30.5 Å². The molecule has 1 aromatic heterocycles. The third-order valence-corrected chi connectivity index (χ3v) is 4.67. The number of hydrogen-bond acceptors (Lipinski definition) is 3. The highest BCUT2D eigenvalue weighted by Crippen LogP contribution is 2.33. The lowest BCUT2D eigenvalue weighted by Gasteiger charge is -2.33. The lowest BCUT2D eigenvalue weighted by molar-refractivity contribution is -0.133. The average Bonchev–Trinajstić information content (AvgIpc) is 3.12. The van der Waals surface area contributed by atoms with Crippen molar-refractivity contribution >= 4 is 5.91 Å². The van der Waals surface area contributed by atoms with E-state index in [4.69, 9.17) is 4.74 Å². The minimum atomic E-state index is -0.252. The van der Waals surface area contributed by atoms with Gasteiger partial charge in [-0.2, -0.15) is 5.10 Å². The molecule has 3 rings (SSSR count). The predicted molar refractivity (Wildman–Crippen MR) is 93.6 cm³/mol. The second-order valence-corrected chi connectivity index (χ2v) is 6.33. The number of carbonyl (C=O) groups is 1. The van der Waals surface area contributed by atoms with Crippen LogP contribution in [0.5, 0.6) is 0 Å². The lowest BCUT2D eigenvalue weighted by Crippen LogP contribution is -2.39. The molecule has 1 amide bonds. The smallest absolute Gasteiger partial charge is 0.224 e. The van der Waals surface area contributed by atoms with Crippen molar-refractivity contribution in [2.24, 2.45) is 0 Å². The van der Waals surface area contributed by atoms with Gasteiger partial charge in [0.15, 0.2) is 0 Å². The monoisotopic (exact) mass is 345 g/mol. The van der Waals surface area contributed by atoms with Crippen LogP contribution < -0.4 is 0 Å². The van der Waals surface area contributed by atoms with Crippen LogP contribution in [0.4, 0.5) is 4.39 Å². The second kappa shape index (κ2) is 8.25.